The summed E-state index contributed by atoms with van der Waals surface area (Å²) < 4.78 is 10.7. The van der Waals surface area contributed by atoms with E-state index >= 15 is 0 Å². The lowest BCUT2D eigenvalue weighted by atomic mass is 10.1. The molecule has 8 heteroatoms. The lowest BCUT2D eigenvalue weighted by molar-refractivity contribution is 0.0367. The Morgan fingerprint density at radius 2 is 1.94 bits per heavy atom. The molecule has 1 saturated heterocycles. The van der Waals surface area contributed by atoms with E-state index in [0.717, 1.165) is 74.6 Å². The third kappa shape index (κ3) is 6.81. The summed E-state index contributed by atoms with van der Waals surface area (Å²) in [5.41, 5.74) is 3.61. The standard InChI is InChI=1S/C27H34N4O3S/c1-3-20-5-10-25-21(17-20)18-22(26(32)29-25)19-31(12-4-11-30-13-15-34-16-14-30)27(35)28-23-6-8-24(33-2)9-7-23/h5-10,17-18H,3-4,11-16,19H2,1-2H3,(H,28,35)(H,29,32). The monoisotopic (exact) mass is 494 g/mol. The number of methoxy groups -OCH3 is 1. The van der Waals surface area contributed by atoms with Crippen molar-refractivity contribution in [1.82, 2.24) is 14.8 Å². The molecule has 0 unspecified atom stereocenters. The Hall–Kier alpha value is -2.94. The topological polar surface area (TPSA) is 69.8 Å². The first-order chi connectivity index (χ1) is 17.1. The van der Waals surface area contributed by atoms with Crippen LogP contribution in [0.25, 0.3) is 10.9 Å². The first kappa shape index (κ1) is 25.2. The number of nitrogens with zero attached hydrogens (tertiary/aromatic N) is 2. The molecule has 0 atom stereocenters. The van der Waals surface area contributed by atoms with Gasteiger partial charge in [-0.2, -0.15) is 0 Å². The minimum Gasteiger partial charge on any atom is -0.497 e. The number of fused-ring (bicyclic) bond motifs is 1. The lowest BCUT2D eigenvalue weighted by Gasteiger charge is -2.29. The summed E-state index contributed by atoms with van der Waals surface area (Å²) in [5.74, 6) is 0.790. The van der Waals surface area contributed by atoms with Crippen molar-refractivity contribution in [1.29, 1.82) is 0 Å². The summed E-state index contributed by atoms with van der Waals surface area (Å²) >= 11 is 5.80. The third-order valence-corrected chi connectivity index (χ3v) is 6.75. The Morgan fingerprint density at radius 1 is 1.17 bits per heavy atom. The zero-order valence-electron chi connectivity index (χ0n) is 20.5. The van der Waals surface area contributed by atoms with E-state index < -0.39 is 0 Å². The Labute approximate surface area is 212 Å². The molecule has 0 bridgehead atoms. The molecule has 2 aromatic carbocycles. The first-order valence-electron chi connectivity index (χ1n) is 12.2. The average Bonchev–Trinajstić information content (AvgIpc) is 2.89. The van der Waals surface area contributed by atoms with Crippen molar-refractivity contribution < 1.29 is 9.47 Å². The number of anilines is 1. The van der Waals surface area contributed by atoms with Gasteiger partial charge in [0.15, 0.2) is 5.11 Å². The summed E-state index contributed by atoms with van der Waals surface area (Å²) in [4.78, 5) is 20.5. The molecule has 2 N–H and O–H groups in total. The molecule has 2 heterocycles. The van der Waals surface area contributed by atoms with Gasteiger partial charge in [-0.05, 0) is 78.5 Å². The molecule has 0 spiro atoms. The van der Waals surface area contributed by atoms with E-state index in [4.69, 9.17) is 21.7 Å². The number of rotatable bonds is 9. The number of pyridine rings is 1. The van der Waals surface area contributed by atoms with Crippen LogP contribution in [0.4, 0.5) is 5.69 Å². The zero-order chi connectivity index (χ0) is 24.6. The average molecular weight is 495 g/mol. The molecule has 0 saturated carbocycles. The van der Waals surface area contributed by atoms with Crippen LogP contribution in [-0.2, 0) is 17.7 Å². The van der Waals surface area contributed by atoms with Crippen LogP contribution < -0.4 is 15.6 Å². The van der Waals surface area contributed by atoms with Gasteiger partial charge in [0.05, 0.1) is 26.9 Å². The summed E-state index contributed by atoms with van der Waals surface area (Å²) in [6.45, 7) is 7.77. The molecule has 7 nitrogen and oxygen atoms in total. The summed E-state index contributed by atoms with van der Waals surface area (Å²) in [7, 11) is 1.65. The van der Waals surface area contributed by atoms with E-state index in [1.54, 1.807) is 7.11 Å². The number of aromatic nitrogens is 1. The van der Waals surface area contributed by atoms with Gasteiger partial charge in [-0.25, -0.2) is 0 Å². The Balaban J connectivity index is 1.51. The van der Waals surface area contributed by atoms with Crippen LogP contribution in [0.3, 0.4) is 0 Å². The SMILES string of the molecule is CCc1ccc2[nH]c(=O)c(CN(CCCN3CCOCC3)C(=S)Nc3ccc(OC)cc3)cc2c1. The predicted molar refractivity (Wildman–Crippen MR) is 145 cm³/mol. The second-order valence-electron chi connectivity index (χ2n) is 8.79. The molecule has 35 heavy (non-hydrogen) atoms. The van der Waals surface area contributed by atoms with Crippen molar-refractivity contribution in [2.24, 2.45) is 0 Å². The Morgan fingerprint density at radius 3 is 2.66 bits per heavy atom. The molecular formula is C27H34N4O3S. The maximum atomic E-state index is 12.9. The maximum Gasteiger partial charge on any atom is 0.253 e. The van der Waals surface area contributed by atoms with Crippen molar-refractivity contribution in [2.75, 3.05) is 51.8 Å². The molecule has 1 aliphatic rings. The van der Waals surface area contributed by atoms with Crippen LogP contribution >= 0.6 is 12.2 Å². The number of benzene rings is 2. The van der Waals surface area contributed by atoms with E-state index in [1.807, 2.05) is 36.4 Å². The van der Waals surface area contributed by atoms with Gasteiger partial charge in [0.25, 0.3) is 5.56 Å². The molecule has 0 amide bonds. The Kier molecular flexibility index (Phi) is 8.74. The van der Waals surface area contributed by atoms with Crippen LogP contribution in [0.5, 0.6) is 5.75 Å². The zero-order valence-corrected chi connectivity index (χ0v) is 21.3. The highest BCUT2D eigenvalue weighted by molar-refractivity contribution is 7.80. The highest BCUT2D eigenvalue weighted by atomic mass is 32.1. The molecule has 186 valence electrons. The van der Waals surface area contributed by atoms with E-state index in [1.165, 1.54) is 5.56 Å². The van der Waals surface area contributed by atoms with E-state index in [2.05, 4.69) is 39.2 Å². The number of H-pyrrole nitrogens is 1. The largest absolute Gasteiger partial charge is 0.497 e. The number of hydrogen-bond donors (Lipinski definition) is 2. The normalized spacial score (nSPS) is 14.1. The van der Waals surface area contributed by atoms with Gasteiger partial charge in [0.2, 0.25) is 0 Å². The number of morpholine rings is 1. The van der Waals surface area contributed by atoms with Gasteiger partial charge in [0, 0.05) is 42.9 Å². The predicted octanol–water partition coefficient (Wildman–Crippen LogP) is 4.02. The van der Waals surface area contributed by atoms with Crippen LogP contribution in [0.1, 0.15) is 24.5 Å². The lowest BCUT2D eigenvalue weighted by Crippen LogP contribution is -2.40. The second-order valence-corrected chi connectivity index (χ2v) is 9.17. The third-order valence-electron chi connectivity index (χ3n) is 6.39. The van der Waals surface area contributed by atoms with Crippen LogP contribution in [-0.4, -0.2) is 66.4 Å². The van der Waals surface area contributed by atoms with Crippen LogP contribution in [0.15, 0.2) is 53.3 Å². The van der Waals surface area contributed by atoms with Gasteiger partial charge < -0.3 is 24.7 Å². The number of hydrogen-bond acceptors (Lipinski definition) is 5. The van der Waals surface area contributed by atoms with Crippen molar-refractivity contribution >= 4 is 33.9 Å². The number of ether oxygens (including phenoxy) is 2. The molecule has 4 rings (SSSR count). The van der Waals surface area contributed by atoms with Crippen molar-refractivity contribution in [3.8, 4) is 5.75 Å². The minimum absolute atomic E-state index is 0.0767. The summed E-state index contributed by atoms with van der Waals surface area (Å²) in [6, 6.07) is 15.8. The number of nitrogens with one attached hydrogen (secondary N) is 2. The second kappa shape index (κ2) is 12.2. The van der Waals surface area contributed by atoms with Gasteiger partial charge in [-0.15, -0.1) is 0 Å². The summed E-state index contributed by atoms with van der Waals surface area (Å²) in [6.07, 6.45) is 1.89. The smallest absolute Gasteiger partial charge is 0.253 e. The fourth-order valence-electron chi connectivity index (χ4n) is 4.28. The number of aryl methyl sites for hydroxylation is 1. The highest BCUT2D eigenvalue weighted by Gasteiger charge is 2.16. The number of thiocarbonyl (C=S) groups is 1. The van der Waals surface area contributed by atoms with Gasteiger partial charge in [-0.1, -0.05) is 13.0 Å². The van der Waals surface area contributed by atoms with Crippen LogP contribution in [0.2, 0.25) is 0 Å². The molecule has 1 aromatic heterocycles. The minimum atomic E-state index is -0.0767. The molecular weight excluding hydrogens is 460 g/mol. The van der Waals surface area contributed by atoms with Crippen molar-refractivity contribution in [3.63, 3.8) is 0 Å². The van der Waals surface area contributed by atoms with E-state index in [0.29, 0.717) is 17.2 Å². The quantitative estimate of drug-likeness (QED) is 0.436. The van der Waals surface area contributed by atoms with Gasteiger partial charge in [-0.3, -0.25) is 9.69 Å². The van der Waals surface area contributed by atoms with Gasteiger partial charge >= 0.3 is 0 Å². The number of aromatic amines is 1. The highest BCUT2D eigenvalue weighted by Crippen LogP contribution is 2.18. The molecule has 0 aliphatic carbocycles. The molecule has 1 fully saturated rings. The first-order valence-corrected chi connectivity index (χ1v) is 12.6. The maximum absolute atomic E-state index is 12.9. The summed E-state index contributed by atoms with van der Waals surface area (Å²) in [5, 5.41) is 4.97. The molecule has 1 aliphatic heterocycles. The van der Waals surface area contributed by atoms with Crippen LogP contribution in [0, 0.1) is 0 Å². The molecule has 3 aromatic rings. The fourth-order valence-corrected chi connectivity index (χ4v) is 4.56. The van der Waals surface area contributed by atoms with Gasteiger partial charge in [0.1, 0.15) is 5.75 Å². The van der Waals surface area contributed by atoms with E-state index in [-0.39, 0.29) is 5.56 Å². The Bertz CT molecular complexity index is 1190. The van der Waals surface area contributed by atoms with E-state index in [9.17, 15) is 4.79 Å². The van der Waals surface area contributed by atoms with Crippen molar-refractivity contribution in [2.45, 2.75) is 26.3 Å². The fraction of sp³-hybridized carbons (Fsp3) is 0.407. The van der Waals surface area contributed by atoms with Crippen molar-refractivity contribution in [3.05, 3.63) is 70.0 Å². The molecule has 0 radical (unpaired) electrons.